The SMILES string of the molecule is Nc1c(S(=O)(=O)c2ccc(Cl)cc2)cc2c(=O)n3ccccc3nc2[n+]1Cc1ccccc1. The van der Waals surface area contributed by atoms with Gasteiger partial charge in [-0.15, -0.1) is 0 Å². The van der Waals surface area contributed by atoms with Gasteiger partial charge >= 0.3 is 0 Å². The van der Waals surface area contributed by atoms with Gasteiger partial charge in [-0.2, -0.15) is 0 Å². The van der Waals surface area contributed by atoms with Crippen molar-refractivity contribution in [3.8, 4) is 0 Å². The van der Waals surface area contributed by atoms with Crippen LogP contribution in [0.2, 0.25) is 5.02 Å². The Labute approximate surface area is 194 Å². The molecular weight excluding hydrogens is 460 g/mol. The highest BCUT2D eigenvalue weighted by atomic mass is 35.5. The van der Waals surface area contributed by atoms with E-state index in [1.807, 2.05) is 30.3 Å². The molecule has 7 nitrogen and oxygen atoms in total. The minimum Gasteiger partial charge on any atom is -0.317 e. The molecule has 164 valence electrons. The smallest absolute Gasteiger partial charge is 0.278 e. The van der Waals surface area contributed by atoms with Crippen LogP contribution in [0.1, 0.15) is 5.56 Å². The highest BCUT2D eigenvalue weighted by molar-refractivity contribution is 7.91. The molecule has 0 amide bonds. The number of anilines is 1. The van der Waals surface area contributed by atoms with Gasteiger partial charge in [0.2, 0.25) is 21.3 Å². The molecule has 0 radical (unpaired) electrons. The van der Waals surface area contributed by atoms with Gasteiger partial charge in [-0.05, 0) is 48.0 Å². The largest absolute Gasteiger partial charge is 0.317 e. The number of nitrogen functional groups attached to an aromatic ring is 1. The second-order valence-corrected chi connectivity index (χ2v) is 9.86. The number of nitrogens with two attached hydrogens (primary N) is 1. The Balaban J connectivity index is 1.86. The summed E-state index contributed by atoms with van der Waals surface area (Å²) in [6.45, 7) is 0.239. The van der Waals surface area contributed by atoms with Crippen LogP contribution >= 0.6 is 11.6 Å². The number of fused-ring (bicyclic) bond motifs is 2. The third-order valence-corrected chi connectivity index (χ3v) is 7.47. The second-order valence-electron chi connectivity index (χ2n) is 7.51. The number of nitrogens with zero attached hydrogens (tertiary/aromatic N) is 3. The summed E-state index contributed by atoms with van der Waals surface area (Å²) >= 11 is 5.93. The van der Waals surface area contributed by atoms with Crippen LogP contribution < -0.4 is 15.9 Å². The number of halogens is 1. The summed E-state index contributed by atoms with van der Waals surface area (Å²) in [6, 6.07) is 21.7. The van der Waals surface area contributed by atoms with E-state index in [1.165, 1.54) is 34.7 Å². The Morgan fingerprint density at radius 3 is 2.39 bits per heavy atom. The van der Waals surface area contributed by atoms with E-state index in [0.29, 0.717) is 16.3 Å². The topological polar surface area (TPSA) is 98.4 Å². The third kappa shape index (κ3) is 3.63. The summed E-state index contributed by atoms with van der Waals surface area (Å²) < 4.78 is 30.0. The zero-order valence-corrected chi connectivity index (χ0v) is 18.8. The maximum Gasteiger partial charge on any atom is 0.278 e. The summed E-state index contributed by atoms with van der Waals surface area (Å²) in [4.78, 5) is 17.8. The van der Waals surface area contributed by atoms with E-state index >= 15 is 0 Å². The van der Waals surface area contributed by atoms with Crippen molar-refractivity contribution in [3.63, 3.8) is 0 Å². The number of benzene rings is 2. The first-order chi connectivity index (χ1) is 15.9. The minimum absolute atomic E-state index is 0.00603. The average molecular weight is 478 g/mol. The number of aromatic nitrogens is 3. The van der Waals surface area contributed by atoms with Crippen molar-refractivity contribution in [3.05, 3.63) is 106 Å². The lowest BCUT2D eigenvalue weighted by Crippen LogP contribution is -2.42. The van der Waals surface area contributed by atoms with Crippen molar-refractivity contribution in [2.24, 2.45) is 0 Å². The molecule has 33 heavy (non-hydrogen) atoms. The van der Waals surface area contributed by atoms with Crippen LogP contribution in [0, 0.1) is 0 Å². The van der Waals surface area contributed by atoms with Crippen molar-refractivity contribution >= 4 is 43.9 Å². The van der Waals surface area contributed by atoms with Crippen LogP contribution in [0.25, 0.3) is 16.7 Å². The molecule has 5 rings (SSSR count). The van der Waals surface area contributed by atoms with Gasteiger partial charge in [-0.3, -0.25) is 9.20 Å². The quantitative estimate of drug-likeness (QED) is 0.316. The fourth-order valence-electron chi connectivity index (χ4n) is 3.76. The molecule has 3 aromatic heterocycles. The Morgan fingerprint density at radius 1 is 0.970 bits per heavy atom. The van der Waals surface area contributed by atoms with Gasteiger partial charge < -0.3 is 5.73 Å². The molecule has 0 saturated heterocycles. The standard InChI is InChI=1S/C24H17ClN4O3S/c25-17-9-11-18(12-10-17)33(31,32)20-14-19-23(27-21-8-4-5-13-28(21)24(19)30)29(22(20)26)15-16-6-2-1-3-7-16/h1-14,26H,15H2/p+1. The molecule has 0 fully saturated rings. The number of sulfone groups is 1. The number of hydrogen-bond donors (Lipinski definition) is 1. The molecule has 2 N–H and O–H groups in total. The average Bonchev–Trinajstić information content (AvgIpc) is 2.82. The van der Waals surface area contributed by atoms with Crippen LogP contribution in [0.5, 0.6) is 0 Å². The summed E-state index contributed by atoms with van der Waals surface area (Å²) in [6.07, 6.45) is 1.59. The van der Waals surface area contributed by atoms with E-state index in [1.54, 1.807) is 29.0 Å². The third-order valence-electron chi connectivity index (χ3n) is 5.42. The van der Waals surface area contributed by atoms with Crippen LogP contribution in [-0.2, 0) is 16.4 Å². The molecule has 0 unspecified atom stereocenters. The van der Waals surface area contributed by atoms with E-state index < -0.39 is 9.84 Å². The van der Waals surface area contributed by atoms with E-state index in [2.05, 4.69) is 4.98 Å². The van der Waals surface area contributed by atoms with Crippen molar-refractivity contribution in [2.45, 2.75) is 16.3 Å². The molecular formula is C24H18ClN4O3S+. The second kappa shape index (κ2) is 7.99. The Bertz CT molecular complexity index is 1680. The van der Waals surface area contributed by atoms with Crippen molar-refractivity contribution in [1.29, 1.82) is 0 Å². The first-order valence-electron chi connectivity index (χ1n) is 10.0. The lowest BCUT2D eigenvalue weighted by molar-refractivity contribution is -0.651. The molecule has 0 atom stereocenters. The van der Waals surface area contributed by atoms with Gasteiger partial charge in [0, 0.05) is 11.2 Å². The van der Waals surface area contributed by atoms with Gasteiger partial charge in [-0.1, -0.05) is 53.0 Å². The molecule has 3 heterocycles. The first kappa shape index (κ1) is 21.1. The van der Waals surface area contributed by atoms with Gasteiger partial charge in [0.25, 0.3) is 11.2 Å². The predicted molar refractivity (Wildman–Crippen MR) is 126 cm³/mol. The molecule has 5 aromatic rings. The molecule has 0 aliphatic carbocycles. The summed E-state index contributed by atoms with van der Waals surface area (Å²) in [5, 5.41) is 0.560. The van der Waals surface area contributed by atoms with E-state index in [0.717, 1.165) is 5.56 Å². The lowest BCUT2D eigenvalue weighted by Gasteiger charge is -2.13. The van der Waals surface area contributed by atoms with Gasteiger partial charge in [-0.25, -0.2) is 13.0 Å². The maximum atomic E-state index is 13.5. The van der Waals surface area contributed by atoms with Crippen LogP contribution in [0.4, 0.5) is 5.82 Å². The Morgan fingerprint density at radius 2 is 1.67 bits per heavy atom. The normalized spacial score (nSPS) is 11.8. The summed E-state index contributed by atoms with van der Waals surface area (Å²) in [5.41, 5.74) is 7.69. The Hall–Kier alpha value is -3.75. The molecule has 9 heteroatoms. The Kier molecular flexibility index (Phi) is 5.11. The van der Waals surface area contributed by atoms with Crippen LogP contribution in [0.15, 0.2) is 99.6 Å². The van der Waals surface area contributed by atoms with E-state index in [9.17, 15) is 13.2 Å². The van der Waals surface area contributed by atoms with Gasteiger partial charge in [0.1, 0.15) is 10.3 Å². The first-order valence-corrected chi connectivity index (χ1v) is 11.9. The zero-order chi connectivity index (χ0) is 23.2. The maximum absolute atomic E-state index is 13.5. The molecule has 0 aliphatic heterocycles. The lowest BCUT2D eigenvalue weighted by atomic mass is 10.2. The van der Waals surface area contributed by atoms with Gasteiger partial charge in [0.05, 0.1) is 11.4 Å². The predicted octanol–water partition coefficient (Wildman–Crippen LogP) is 3.25. The minimum atomic E-state index is -4.04. The van der Waals surface area contributed by atoms with Crippen molar-refractivity contribution in [1.82, 2.24) is 9.38 Å². The number of pyridine rings is 2. The number of rotatable bonds is 4. The fourth-order valence-corrected chi connectivity index (χ4v) is 5.29. The zero-order valence-electron chi connectivity index (χ0n) is 17.2. The van der Waals surface area contributed by atoms with Gasteiger partial charge in [0.15, 0.2) is 0 Å². The van der Waals surface area contributed by atoms with Crippen molar-refractivity contribution < 1.29 is 13.0 Å². The molecule has 0 spiro atoms. The molecule has 0 aliphatic rings. The van der Waals surface area contributed by atoms with Crippen molar-refractivity contribution in [2.75, 3.05) is 5.73 Å². The fraction of sp³-hybridized carbons (Fsp3) is 0.0417. The summed E-state index contributed by atoms with van der Waals surface area (Å²) in [5.74, 6) is -0.00603. The molecule has 2 aromatic carbocycles. The van der Waals surface area contributed by atoms with E-state index in [-0.39, 0.29) is 33.1 Å². The van der Waals surface area contributed by atoms with Crippen LogP contribution in [-0.4, -0.2) is 17.8 Å². The molecule has 0 saturated carbocycles. The molecule has 0 bridgehead atoms. The summed E-state index contributed by atoms with van der Waals surface area (Å²) in [7, 11) is -4.04. The highest BCUT2D eigenvalue weighted by Gasteiger charge is 2.29. The van der Waals surface area contributed by atoms with E-state index in [4.69, 9.17) is 17.3 Å². The van der Waals surface area contributed by atoms with Crippen LogP contribution in [0.3, 0.4) is 0 Å². The monoisotopic (exact) mass is 477 g/mol. The highest BCUT2D eigenvalue weighted by Crippen LogP contribution is 2.27. The number of hydrogen-bond acceptors (Lipinski definition) is 5.